The summed E-state index contributed by atoms with van der Waals surface area (Å²) in [6.45, 7) is 6.20. The molecule has 0 aromatic carbocycles. The lowest BCUT2D eigenvalue weighted by molar-refractivity contribution is -0.135. The molecular weight excluding hydrogens is 248 g/mol. The van der Waals surface area contributed by atoms with E-state index in [1.54, 1.807) is 0 Å². The summed E-state index contributed by atoms with van der Waals surface area (Å²) in [5, 5.41) is 3.44. The molecule has 2 unspecified atom stereocenters. The highest BCUT2D eigenvalue weighted by Crippen LogP contribution is 2.19. The number of amides is 1. The molecule has 5 heteroatoms. The maximum atomic E-state index is 12.5. The SMILES string of the molecule is CCCNC1COCC1C(=O)N1CCCSCC1. The van der Waals surface area contributed by atoms with Gasteiger partial charge in [-0.25, -0.2) is 0 Å². The van der Waals surface area contributed by atoms with Crippen LogP contribution in [0.15, 0.2) is 0 Å². The van der Waals surface area contributed by atoms with Crippen LogP contribution in [0.25, 0.3) is 0 Å². The molecule has 1 N–H and O–H groups in total. The van der Waals surface area contributed by atoms with Crippen molar-refractivity contribution >= 4 is 17.7 Å². The van der Waals surface area contributed by atoms with Gasteiger partial charge in [0.25, 0.3) is 0 Å². The molecule has 18 heavy (non-hydrogen) atoms. The van der Waals surface area contributed by atoms with Gasteiger partial charge in [-0.3, -0.25) is 4.79 Å². The number of carbonyl (C=O) groups is 1. The number of nitrogens with zero attached hydrogens (tertiary/aromatic N) is 1. The van der Waals surface area contributed by atoms with Crippen molar-refractivity contribution in [3.8, 4) is 0 Å². The molecule has 0 saturated carbocycles. The number of hydrogen-bond acceptors (Lipinski definition) is 4. The summed E-state index contributed by atoms with van der Waals surface area (Å²) in [5.41, 5.74) is 0. The second-order valence-corrected chi connectivity index (χ2v) is 6.22. The smallest absolute Gasteiger partial charge is 0.229 e. The zero-order valence-electron chi connectivity index (χ0n) is 11.2. The Morgan fingerprint density at radius 3 is 3.11 bits per heavy atom. The Bertz CT molecular complexity index is 268. The van der Waals surface area contributed by atoms with E-state index in [4.69, 9.17) is 4.74 Å². The molecule has 2 fully saturated rings. The second kappa shape index (κ2) is 7.36. The third-order valence-electron chi connectivity index (χ3n) is 3.59. The molecule has 0 aromatic heterocycles. The van der Waals surface area contributed by atoms with Crippen molar-refractivity contribution in [1.29, 1.82) is 0 Å². The lowest BCUT2D eigenvalue weighted by Gasteiger charge is -2.26. The van der Waals surface area contributed by atoms with Crippen LogP contribution in [0.3, 0.4) is 0 Å². The number of rotatable bonds is 4. The number of nitrogens with one attached hydrogen (secondary N) is 1. The molecule has 0 spiro atoms. The molecule has 2 heterocycles. The molecule has 2 saturated heterocycles. The summed E-state index contributed by atoms with van der Waals surface area (Å²) in [7, 11) is 0. The molecule has 0 radical (unpaired) electrons. The minimum absolute atomic E-state index is 0.0275. The van der Waals surface area contributed by atoms with Crippen LogP contribution >= 0.6 is 11.8 Å². The predicted molar refractivity (Wildman–Crippen MR) is 74.9 cm³/mol. The number of carbonyl (C=O) groups excluding carboxylic acids is 1. The van der Waals surface area contributed by atoms with Gasteiger partial charge in [-0.1, -0.05) is 6.92 Å². The highest BCUT2D eigenvalue weighted by atomic mass is 32.2. The van der Waals surface area contributed by atoms with E-state index >= 15 is 0 Å². The number of hydrogen-bond donors (Lipinski definition) is 1. The van der Waals surface area contributed by atoms with Gasteiger partial charge < -0.3 is 15.0 Å². The molecule has 2 rings (SSSR count). The first-order valence-corrected chi connectivity index (χ1v) is 8.16. The van der Waals surface area contributed by atoms with E-state index in [2.05, 4.69) is 12.2 Å². The Labute approximate surface area is 114 Å². The monoisotopic (exact) mass is 272 g/mol. The van der Waals surface area contributed by atoms with Crippen molar-refractivity contribution in [3.05, 3.63) is 0 Å². The lowest BCUT2D eigenvalue weighted by Crippen LogP contribution is -2.46. The van der Waals surface area contributed by atoms with Crippen LogP contribution in [-0.4, -0.2) is 61.2 Å². The summed E-state index contributed by atoms with van der Waals surface area (Å²) in [6.07, 6.45) is 2.22. The Morgan fingerprint density at radius 1 is 1.39 bits per heavy atom. The molecular formula is C13H24N2O2S. The third-order valence-corrected chi connectivity index (χ3v) is 4.64. The minimum atomic E-state index is 0.0275. The minimum Gasteiger partial charge on any atom is -0.379 e. The molecule has 2 aliphatic heterocycles. The van der Waals surface area contributed by atoms with Gasteiger partial charge in [0.1, 0.15) is 0 Å². The predicted octanol–water partition coefficient (Wildman–Crippen LogP) is 0.966. The van der Waals surface area contributed by atoms with Crippen molar-refractivity contribution in [3.63, 3.8) is 0 Å². The largest absolute Gasteiger partial charge is 0.379 e. The van der Waals surface area contributed by atoms with Gasteiger partial charge in [-0.2, -0.15) is 11.8 Å². The van der Waals surface area contributed by atoms with Gasteiger partial charge in [-0.05, 0) is 25.1 Å². The highest BCUT2D eigenvalue weighted by Gasteiger charge is 2.36. The highest BCUT2D eigenvalue weighted by molar-refractivity contribution is 7.99. The Balaban J connectivity index is 1.89. The van der Waals surface area contributed by atoms with E-state index in [-0.39, 0.29) is 12.0 Å². The fraction of sp³-hybridized carbons (Fsp3) is 0.923. The molecule has 1 amide bonds. The van der Waals surface area contributed by atoms with E-state index in [9.17, 15) is 4.79 Å². The van der Waals surface area contributed by atoms with Gasteiger partial charge in [0.2, 0.25) is 5.91 Å². The standard InChI is InChI=1S/C13H24N2O2S/c1-2-4-14-12-10-17-9-11(12)13(16)15-5-3-7-18-8-6-15/h11-12,14H,2-10H2,1H3. The molecule has 2 aliphatic rings. The van der Waals surface area contributed by atoms with Crippen molar-refractivity contribution in [1.82, 2.24) is 10.2 Å². The quantitative estimate of drug-likeness (QED) is 0.828. The van der Waals surface area contributed by atoms with Crippen LogP contribution in [-0.2, 0) is 9.53 Å². The zero-order chi connectivity index (χ0) is 12.8. The average molecular weight is 272 g/mol. The summed E-state index contributed by atoms with van der Waals surface area (Å²) >= 11 is 1.95. The topological polar surface area (TPSA) is 41.6 Å². The van der Waals surface area contributed by atoms with Crippen molar-refractivity contribution in [2.45, 2.75) is 25.8 Å². The summed E-state index contributed by atoms with van der Waals surface area (Å²) in [6, 6.07) is 0.216. The van der Waals surface area contributed by atoms with Crippen LogP contribution in [0.4, 0.5) is 0 Å². The average Bonchev–Trinajstić information content (AvgIpc) is 2.68. The molecule has 0 bridgehead atoms. The van der Waals surface area contributed by atoms with E-state index in [0.29, 0.717) is 19.1 Å². The van der Waals surface area contributed by atoms with Crippen molar-refractivity contribution in [2.75, 3.05) is 44.4 Å². The van der Waals surface area contributed by atoms with Gasteiger partial charge >= 0.3 is 0 Å². The number of thioether (sulfide) groups is 1. The lowest BCUT2D eigenvalue weighted by atomic mass is 10.0. The van der Waals surface area contributed by atoms with Crippen molar-refractivity contribution < 1.29 is 9.53 Å². The fourth-order valence-electron chi connectivity index (χ4n) is 2.53. The van der Waals surface area contributed by atoms with E-state index in [1.165, 1.54) is 5.75 Å². The van der Waals surface area contributed by atoms with Crippen molar-refractivity contribution in [2.24, 2.45) is 5.92 Å². The fourth-order valence-corrected chi connectivity index (χ4v) is 3.42. The molecule has 2 atom stereocenters. The second-order valence-electron chi connectivity index (χ2n) is 5.00. The molecule has 104 valence electrons. The third kappa shape index (κ3) is 3.62. The Kier molecular flexibility index (Phi) is 5.79. The summed E-state index contributed by atoms with van der Waals surface area (Å²) in [5.74, 6) is 2.58. The van der Waals surface area contributed by atoms with Crippen LogP contribution in [0, 0.1) is 5.92 Å². The van der Waals surface area contributed by atoms with E-state index in [0.717, 1.165) is 38.2 Å². The summed E-state index contributed by atoms with van der Waals surface area (Å²) in [4.78, 5) is 14.6. The first-order chi connectivity index (χ1) is 8.83. The first-order valence-electron chi connectivity index (χ1n) is 7.00. The van der Waals surface area contributed by atoms with Crippen LogP contribution < -0.4 is 5.32 Å². The van der Waals surface area contributed by atoms with Crippen LogP contribution in [0.5, 0.6) is 0 Å². The van der Waals surface area contributed by atoms with Gasteiger partial charge in [0.15, 0.2) is 0 Å². The Hall–Kier alpha value is -0.260. The maximum absolute atomic E-state index is 12.5. The van der Waals surface area contributed by atoms with E-state index < -0.39 is 0 Å². The van der Waals surface area contributed by atoms with Gasteiger partial charge in [-0.15, -0.1) is 0 Å². The Morgan fingerprint density at radius 2 is 2.28 bits per heavy atom. The zero-order valence-corrected chi connectivity index (χ0v) is 12.0. The van der Waals surface area contributed by atoms with Crippen LogP contribution in [0.2, 0.25) is 0 Å². The molecule has 4 nitrogen and oxygen atoms in total. The first kappa shape index (κ1) is 14.2. The maximum Gasteiger partial charge on any atom is 0.229 e. The van der Waals surface area contributed by atoms with Gasteiger partial charge in [0.05, 0.1) is 19.1 Å². The van der Waals surface area contributed by atoms with E-state index in [1.807, 2.05) is 16.7 Å². The number of ether oxygens (including phenoxy) is 1. The normalized spacial score (nSPS) is 29.3. The molecule has 0 aliphatic carbocycles. The molecule has 0 aromatic rings. The van der Waals surface area contributed by atoms with Gasteiger partial charge in [0, 0.05) is 24.9 Å². The van der Waals surface area contributed by atoms with Crippen LogP contribution in [0.1, 0.15) is 19.8 Å². The summed E-state index contributed by atoms with van der Waals surface area (Å²) < 4.78 is 5.49.